The highest BCUT2D eigenvalue weighted by atomic mass is 35.5. The lowest BCUT2D eigenvalue weighted by molar-refractivity contribution is -0.142. The minimum Gasteiger partial charge on any atom is -0.465 e. The summed E-state index contributed by atoms with van der Waals surface area (Å²) in [5.41, 5.74) is 1.19. The Hall–Kier alpha value is -2.60. The summed E-state index contributed by atoms with van der Waals surface area (Å²) < 4.78 is 9.72. The van der Waals surface area contributed by atoms with Crippen LogP contribution in [0.25, 0.3) is 0 Å². The van der Waals surface area contributed by atoms with Crippen molar-refractivity contribution < 1.29 is 23.9 Å². The number of esters is 2. The monoisotopic (exact) mass is 349 g/mol. The molecule has 0 aliphatic carbocycles. The van der Waals surface area contributed by atoms with Crippen LogP contribution in [0.3, 0.4) is 0 Å². The largest absolute Gasteiger partial charge is 0.465 e. The predicted molar refractivity (Wildman–Crippen MR) is 87.2 cm³/mol. The van der Waals surface area contributed by atoms with Gasteiger partial charge in [-0.25, -0.2) is 4.79 Å². The van der Waals surface area contributed by atoms with Crippen molar-refractivity contribution in [2.45, 2.75) is 20.5 Å². The number of hydrogen-bond donors (Lipinski definition) is 1. The molecule has 0 amide bonds. The molecule has 0 unspecified atom stereocenters. The topological polar surface area (TPSA) is 85.5 Å². The van der Waals surface area contributed by atoms with Crippen molar-refractivity contribution in [3.63, 3.8) is 0 Å². The first-order valence-corrected chi connectivity index (χ1v) is 7.47. The minimum atomic E-state index is -0.659. The molecule has 126 valence electrons. The quantitative estimate of drug-likeness (QED) is 0.662. The molecule has 1 heterocycles. The average Bonchev–Trinajstić information content (AvgIpc) is 2.88. The van der Waals surface area contributed by atoms with Gasteiger partial charge in [-0.05, 0) is 19.1 Å². The van der Waals surface area contributed by atoms with Crippen molar-refractivity contribution in [1.29, 1.82) is 0 Å². The van der Waals surface area contributed by atoms with Crippen LogP contribution in [0.4, 0.5) is 0 Å². The van der Waals surface area contributed by atoms with Crippen molar-refractivity contribution in [3.05, 3.63) is 57.4 Å². The molecule has 2 aromatic rings. The molecule has 0 aliphatic rings. The zero-order chi connectivity index (χ0) is 17.9. The number of ketones is 1. The number of ether oxygens (including phenoxy) is 2. The summed E-state index contributed by atoms with van der Waals surface area (Å²) in [7, 11) is 1.23. The number of H-pyrrole nitrogens is 1. The molecule has 0 radical (unpaired) electrons. The SMILES string of the molecule is COC(=O)c1c(C)[nH]c(COC(C)=O)c1C(=O)c1ccccc1Cl. The molecule has 0 saturated carbocycles. The van der Waals surface area contributed by atoms with Crippen LogP contribution in [0.15, 0.2) is 24.3 Å². The lowest BCUT2D eigenvalue weighted by Gasteiger charge is -2.08. The number of carbonyl (C=O) groups is 3. The van der Waals surface area contributed by atoms with Gasteiger partial charge in [-0.2, -0.15) is 0 Å². The fourth-order valence-corrected chi connectivity index (χ4v) is 2.58. The zero-order valence-electron chi connectivity index (χ0n) is 13.4. The first kappa shape index (κ1) is 17.7. The van der Waals surface area contributed by atoms with Gasteiger partial charge in [-0.1, -0.05) is 23.7 Å². The summed E-state index contributed by atoms with van der Waals surface area (Å²) in [4.78, 5) is 39.0. The molecular weight excluding hydrogens is 334 g/mol. The Balaban J connectivity index is 2.60. The van der Waals surface area contributed by atoms with Gasteiger partial charge in [0.2, 0.25) is 0 Å². The van der Waals surface area contributed by atoms with Crippen LogP contribution < -0.4 is 0 Å². The Bertz CT molecular complexity index is 809. The third kappa shape index (κ3) is 3.49. The normalized spacial score (nSPS) is 10.3. The van der Waals surface area contributed by atoms with Gasteiger partial charge in [-0.3, -0.25) is 9.59 Å². The summed E-state index contributed by atoms with van der Waals surface area (Å²) in [6.07, 6.45) is 0. The Morgan fingerprint density at radius 1 is 1.17 bits per heavy atom. The number of halogens is 1. The number of rotatable bonds is 5. The summed E-state index contributed by atoms with van der Waals surface area (Å²) in [5, 5.41) is 0.260. The minimum absolute atomic E-state index is 0.0914. The summed E-state index contributed by atoms with van der Waals surface area (Å²) in [6.45, 7) is 2.72. The molecule has 1 aromatic carbocycles. The molecule has 2 rings (SSSR count). The molecule has 7 heteroatoms. The summed E-state index contributed by atoms with van der Waals surface area (Å²) in [6, 6.07) is 6.51. The highest BCUT2D eigenvalue weighted by Crippen LogP contribution is 2.27. The van der Waals surface area contributed by atoms with Gasteiger partial charge < -0.3 is 14.5 Å². The van der Waals surface area contributed by atoms with E-state index in [4.69, 9.17) is 21.1 Å². The second kappa shape index (κ2) is 7.31. The van der Waals surface area contributed by atoms with E-state index in [-0.39, 0.29) is 28.3 Å². The maximum absolute atomic E-state index is 12.9. The molecule has 0 spiro atoms. The molecule has 0 atom stereocenters. The number of methoxy groups -OCH3 is 1. The molecule has 0 saturated heterocycles. The number of carbonyl (C=O) groups excluding carboxylic acids is 3. The Labute approximate surface area is 143 Å². The van der Waals surface area contributed by atoms with Crippen LogP contribution >= 0.6 is 11.6 Å². The summed E-state index contributed by atoms with van der Waals surface area (Å²) in [5.74, 6) is -1.61. The van der Waals surface area contributed by atoms with E-state index < -0.39 is 17.7 Å². The molecular formula is C17H16ClNO5. The molecule has 1 aromatic heterocycles. The Morgan fingerprint density at radius 2 is 1.83 bits per heavy atom. The lowest BCUT2D eigenvalue weighted by Crippen LogP contribution is -2.13. The molecule has 0 fully saturated rings. The van der Waals surface area contributed by atoms with E-state index in [2.05, 4.69) is 4.98 Å². The average molecular weight is 350 g/mol. The van der Waals surface area contributed by atoms with Crippen LogP contribution in [0.2, 0.25) is 5.02 Å². The first-order valence-electron chi connectivity index (χ1n) is 7.09. The van der Waals surface area contributed by atoms with Crippen molar-refractivity contribution >= 4 is 29.3 Å². The number of hydrogen-bond acceptors (Lipinski definition) is 5. The lowest BCUT2D eigenvalue weighted by atomic mass is 9.98. The van der Waals surface area contributed by atoms with E-state index >= 15 is 0 Å². The molecule has 6 nitrogen and oxygen atoms in total. The third-order valence-electron chi connectivity index (χ3n) is 3.42. The van der Waals surface area contributed by atoms with Crippen molar-refractivity contribution in [2.75, 3.05) is 7.11 Å². The van der Waals surface area contributed by atoms with Gasteiger partial charge in [0.15, 0.2) is 5.78 Å². The maximum atomic E-state index is 12.9. The molecule has 0 bridgehead atoms. The Morgan fingerprint density at radius 3 is 2.42 bits per heavy atom. The first-order chi connectivity index (χ1) is 11.4. The van der Waals surface area contributed by atoms with E-state index in [0.29, 0.717) is 11.4 Å². The van der Waals surface area contributed by atoms with E-state index in [0.717, 1.165) is 0 Å². The van der Waals surface area contributed by atoms with Crippen LogP contribution in [0, 0.1) is 6.92 Å². The van der Waals surface area contributed by atoms with E-state index in [9.17, 15) is 14.4 Å². The predicted octanol–water partition coefficient (Wildman–Crippen LogP) is 3.06. The van der Waals surface area contributed by atoms with E-state index in [1.54, 1.807) is 31.2 Å². The van der Waals surface area contributed by atoms with Gasteiger partial charge in [0.05, 0.1) is 29.0 Å². The van der Waals surface area contributed by atoms with Crippen molar-refractivity contribution in [3.8, 4) is 0 Å². The van der Waals surface area contributed by atoms with Gasteiger partial charge in [-0.15, -0.1) is 0 Å². The third-order valence-corrected chi connectivity index (χ3v) is 3.75. The number of nitrogens with one attached hydrogen (secondary N) is 1. The van der Waals surface area contributed by atoms with E-state index in [1.807, 2.05) is 0 Å². The van der Waals surface area contributed by atoms with Gasteiger partial charge in [0.25, 0.3) is 0 Å². The smallest absolute Gasteiger partial charge is 0.340 e. The maximum Gasteiger partial charge on any atom is 0.340 e. The standard InChI is InChI=1S/C17H16ClNO5/c1-9-14(17(22)23-3)15(13(19-9)8-24-10(2)20)16(21)11-6-4-5-7-12(11)18/h4-7,19H,8H2,1-3H3. The fraction of sp³-hybridized carbons (Fsp3) is 0.235. The number of benzene rings is 1. The zero-order valence-corrected chi connectivity index (χ0v) is 14.2. The van der Waals surface area contributed by atoms with Crippen molar-refractivity contribution in [2.24, 2.45) is 0 Å². The number of aromatic nitrogens is 1. The summed E-state index contributed by atoms with van der Waals surface area (Å²) >= 11 is 6.09. The molecule has 0 aliphatic heterocycles. The number of aromatic amines is 1. The van der Waals surface area contributed by atoms with Crippen LogP contribution in [0.5, 0.6) is 0 Å². The van der Waals surface area contributed by atoms with Gasteiger partial charge in [0.1, 0.15) is 6.61 Å². The fourth-order valence-electron chi connectivity index (χ4n) is 2.36. The van der Waals surface area contributed by atoms with Crippen LogP contribution in [-0.2, 0) is 20.9 Å². The van der Waals surface area contributed by atoms with E-state index in [1.165, 1.54) is 14.0 Å². The van der Waals surface area contributed by atoms with Crippen LogP contribution in [-0.4, -0.2) is 29.8 Å². The number of aryl methyl sites for hydroxylation is 1. The second-order valence-corrected chi connectivity index (χ2v) is 5.47. The second-order valence-electron chi connectivity index (χ2n) is 5.06. The van der Waals surface area contributed by atoms with Crippen molar-refractivity contribution in [1.82, 2.24) is 4.98 Å². The molecule has 24 heavy (non-hydrogen) atoms. The highest BCUT2D eigenvalue weighted by molar-refractivity contribution is 6.35. The van der Waals surface area contributed by atoms with Crippen LogP contribution in [0.1, 0.15) is 44.6 Å². The molecule has 1 N–H and O–H groups in total. The highest BCUT2D eigenvalue weighted by Gasteiger charge is 2.28. The Kier molecular flexibility index (Phi) is 5.41. The van der Waals surface area contributed by atoms with Gasteiger partial charge in [0, 0.05) is 18.2 Å². The van der Waals surface area contributed by atoms with Gasteiger partial charge >= 0.3 is 11.9 Å².